The molecule has 1 rings (SSSR count). The van der Waals surface area contributed by atoms with Gasteiger partial charge in [0.25, 0.3) is 0 Å². The molecule has 6 heteroatoms. The van der Waals surface area contributed by atoms with Crippen LogP contribution in [-0.2, 0) is 9.53 Å². The number of benzene rings is 1. The minimum Gasteiger partial charge on any atom is -0.492 e. The molecular weight excluding hydrogens is 270 g/mol. The highest BCUT2D eigenvalue weighted by atomic mass is 16.5. The van der Waals surface area contributed by atoms with Gasteiger partial charge in [-0.1, -0.05) is 0 Å². The van der Waals surface area contributed by atoms with Gasteiger partial charge in [0.2, 0.25) is 5.91 Å². The lowest BCUT2D eigenvalue weighted by Crippen LogP contribution is -2.28. The zero-order valence-corrected chi connectivity index (χ0v) is 13.0. The highest BCUT2D eigenvalue weighted by Gasteiger charge is 2.11. The van der Waals surface area contributed by atoms with Crippen LogP contribution in [0.3, 0.4) is 0 Å². The Labute approximate surface area is 126 Å². The maximum absolute atomic E-state index is 11.8. The molecule has 6 nitrogen and oxygen atoms in total. The summed E-state index contributed by atoms with van der Waals surface area (Å²) in [5, 5.41) is 2.80. The fraction of sp³-hybridized carbons (Fsp3) is 0.533. The Bertz CT molecular complexity index is 417. The summed E-state index contributed by atoms with van der Waals surface area (Å²) < 4.78 is 10.7. The average molecular weight is 295 g/mol. The number of rotatable bonds is 9. The van der Waals surface area contributed by atoms with Crippen molar-refractivity contribution >= 4 is 11.6 Å². The van der Waals surface area contributed by atoms with Crippen molar-refractivity contribution < 1.29 is 14.3 Å². The van der Waals surface area contributed by atoms with Gasteiger partial charge >= 0.3 is 0 Å². The van der Waals surface area contributed by atoms with Crippen LogP contribution in [0.15, 0.2) is 24.3 Å². The monoisotopic (exact) mass is 295 g/mol. The van der Waals surface area contributed by atoms with Gasteiger partial charge in [0.15, 0.2) is 0 Å². The van der Waals surface area contributed by atoms with E-state index in [2.05, 4.69) is 10.2 Å². The van der Waals surface area contributed by atoms with Gasteiger partial charge in [-0.05, 0) is 38.4 Å². The van der Waals surface area contributed by atoms with Gasteiger partial charge in [-0.3, -0.25) is 4.79 Å². The Hall–Kier alpha value is -1.63. The molecule has 0 aliphatic heterocycles. The second-order valence-corrected chi connectivity index (χ2v) is 5.02. The molecule has 1 aromatic carbocycles. The average Bonchev–Trinajstić information content (AvgIpc) is 2.46. The first-order chi connectivity index (χ1) is 10.0. The van der Waals surface area contributed by atoms with Crippen LogP contribution >= 0.6 is 0 Å². The molecule has 1 unspecified atom stereocenters. The fourth-order valence-corrected chi connectivity index (χ4v) is 1.66. The summed E-state index contributed by atoms with van der Waals surface area (Å²) in [6.45, 7) is 1.81. The van der Waals surface area contributed by atoms with E-state index in [4.69, 9.17) is 15.2 Å². The van der Waals surface area contributed by atoms with E-state index >= 15 is 0 Å². The van der Waals surface area contributed by atoms with Crippen LogP contribution < -0.4 is 15.8 Å². The summed E-state index contributed by atoms with van der Waals surface area (Å²) in [6, 6.07) is 7.30. The van der Waals surface area contributed by atoms with Gasteiger partial charge in [0.05, 0.1) is 12.5 Å². The van der Waals surface area contributed by atoms with Crippen LogP contribution in [0.5, 0.6) is 5.75 Å². The minimum atomic E-state index is -0.251. The molecule has 0 spiro atoms. The quantitative estimate of drug-likeness (QED) is 0.709. The number of amides is 1. The Kier molecular flexibility index (Phi) is 7.74. The maximum Gasteiger partial charge on any atom is 0.227 e. The van der Waals surface area contributed by atoms with Crippen molar-refractivity contribution in [2.75, 3.05) is 46.2 Å². The first-order valence-corrected chi connectivity index (χ1v) is 6.95. The van der Waals surface area contributed by atoms with E-state index in [0.717, 1.165) is 18.0 Å². The van der Waals surface area contributed by atoms with Crippen LogP contribution in [0.2, 0.25) is 0 Å². The van der Waals surface area contributed by atoms with E-state index in [0.29, 0.717) is 13.2 Å². The molecule has 0 aromatic heterocycles. The number of hydrogen-bond acceptors (Lipinski definition) is 5. The van der Waals surface area contributed by atoms with Crippen molar-refractivity contribution in [2.45, 2.75) is 12.5 Å². The number of nitrogens with zero attached hydrogens (tertiary/aromatic N) is 1. The first-order valence-electron chi connectivity index (χ1n) is 6.95. The second-order valence-electron chi connectivity index (χ2n) is 5.02. The molecule has 0 radical (unpaired) electrons. The molecule has 0 saturated heterocycles. The van der Waals surface area contributed by atoms with Gasteiger partial charge in [-0.25, -0.2) is 0 Å². The molecule has 0 aliphatic carbocycles. The predicted molar refractivity (Wildman–Crippen MR) is 83.6 cm³/mol. The third kappa shape index (κ3) is 7.08. The van der Waals surface area contributed by atoms with Crippen molar-refractivity contribution in [1.82, 2.24) is 4.90 Å². The number of ether oxygens (including phenoxy) is 2. The lowest BCUT2D eigenvalue weighted by atomic mass is 10.2. The number of likely N-dealkylation sites (N-methyl/N-ethyl adjacent to an activating group) is 1. The number of anilines is 1. The fourth-order valence-electron chi connectivity index (χ4n) is 1.66. The van der Waals surface area contributed by atoms with E-state index in [1.807, 2.05) is 38.4 Å². The van der Waals surface area contributed by atoms with E-state index in [1.165, 1.54) is 0 Å². The SMILES string of the molecule is COC(CN)CC(=O)Nc1ccc(OCCN(C)C)cc1. The molecule has 1 aromatic rings. The summed E-state index contributed by atoms with van der Waals surface area (Å²) in [5.74, 6) is 0.667. The number of nitrogens with two attached hydrogens (primary N) is 1. The number of methoxy groups -OCH3 is 1. The third-order valence-corrected chi connectivity index (χ3v) is 2.95. The largest absolute Gasteiger partial charge is 0.492 e. The summed E-state index contributed by atoms with van der Waals surface area (Å²) in [4.78, 5) is 13.8. The zero-order valence-electron chi connectivity index (χ0n) is 13.0. The van der Waals surface area contributed by atoms with Crippen LogP contribution in [0, 0.1) is 0 Å². The maximum atomic E-state index is 11.8. The molecule has 118 valence electrons. The van der Waals surface area contributed by atoms with Crippen LogP contribution in [-0.4, -0.2) is 57.8 Å². The van der Waals surface area contributed by atoms with E-state index < -0.39 is 0 Å². The van der Waals surface area contributed by atoms with Crippen molar-refractivity contribution in [1.29, 1.82) is 0 Å². The van der Waals surface area contributed by atoms with E-state index in [-0.39, 0.29) is 18.4 Å². The smallest absolute Gasteiger partial charge is 0.227 e. The number of carbonyl (C=O) groups excluding carboxylic acids is 1. The van der Waals surface area contributed by atoms with Crippen molar-refractivity contribution in [3.8, 4) is 5.75 Å². The highest BCUT2D eigenvalue weighted by Crippen LogP contribution is 2.16. The van der Waals surface area contributed by atoms with Gasteiger partial charge in [0, 0.05) is 25.9 Å². The van der Waals surface area contributed by atoms with Gasteiger partial charge in [-0.15, -0.1) is 0 Å². The molecule has 0 fully saturated rings. The van der Waals surface area contributed by atoms with Crippen LogP contribution in [0.4, 0.5) is 5.69 Å². The Balaban J connectivity index is 2.41. The van der Waals surface area contributed by atoms with Crippen molar-refractivity contribution in [3.63, 3.8) is 0 Å². The Morgan fingerprint density at radius 3 is 2.52 bits per heavy atom. The third-order valence-electron chi connectivity index (χ3n) is 2.95. The van der Waals surface area contributed by atoms with Gasteiger partial charge < -0.3 is 25.4 Å². The predicted octanol–water partition coefficient (Wildman–Crippen LogP) is 0.929. The normalized spacial score (nSPS) is 12.2. The number of carbonyl (C=O) groups is 1. The van der Waals surface area contributed by atoms with E-state index in [9.17, 15) is 4.79 Å². The summed E-state index contributed by atoms with van der Waals surface area (Å²) in [7, 11) is 5.54. The highest BCUT2D eigenvalue weighted by molar-refractivity contribution is 5.91. The molecule has 0 aliphatic rings. The van der Waals surface area contributed by atoms with Gasteiger partial charge in [-0.2, -0.15) is 0 Å². The molecule has 21 heavy (non-hydrogen) atoms. The summed E-state index contributed by atoms with van der Waals surface area (Å²) in [5.41, 5.74) is 6.22. The number of nitrogens with one attached hydrogen (secondary N) is 1. The molecule has 1 atom stereocenters. The van der Waals surface area contributed by atoms with Crippen molar-refractivity contribution in [3.05, 3.63) is 24.3 Å². The molecular formula is C15H25N3O3. The molecule has 0 heterocycles. The number of hydrogen-bond donors (Lipinski definition) is 2. The Morgan fingerprint density at radius 2 is 2.00 bits per heavy atom. The molecule has 3 N–H and O–H groups in total. The summed E-state index contributed by atoms with van der Waals surface area (Å²) >= 11 is 0. The zero-order chi connectivity index (χ0) is 15.7. The van der Waals surface area contributed by atoms with E-state index in [1.54, 1.807) is 7.11 Å². The second kappa shape index (κ2) is 9.33. The molecule has 1 amide bonds. The molecule has 0 saturated carbocycles. The van der Waals surface area contributed by atoms with Crippen molar-refractivity contribution in [2.24, 2.45) is 5.73 Å². The first kappa shape index (κ1) is 17.4. The van der Waals surface area contributed by atoms with Gasteiger partial charge in [0.1, 0.15) is 12.4 Å². The lowest BCUT2D eigenvalue weighted by molar-refractivity contribution is -0.118. The lowest BCUT2D eigenvalue weighted by Gasteiger charge is -2.13. The van der Waals surface area contributed by atoms with Crippen LogP contribution in [0.25, 0.3) is 0 Å². The van der Waals surface area contributed by atoms with Crippen LogP contribution in [0.1, 0.15) is 6.42 Å². The standard InChI is InChI=1S/C15H25N3O3/c1-18(2)8-9-21-13-6-4-12(5-7-13)17-15(19)10-14(11-16)20-3/h4-7,14H,8-11,16H2,1-3H3,(H,17,19). The topological polar surface area (TPSA) is 76.8 Å². The Morgan fingerprint density at radius 1 is 1.33 bits per heavy atom. The molecule has 0 bridgehead atoms. The minimum absolute atomic E-state index is 0.117. The summed E-state index contributed by atoms with van der Waals surface area (Å²) in [6.07, 6.45) is -0.00713.